The lowest BCUT2D eigenvalue weighted by Crippen LogP contribution is -2.21. The van der Waals surface area contributed by atoms with Crippen molar-refractivity contribution in [1.29, 1.82) is 0 Å². The molecule has 2 atom stereocenters. The van der Waals surface area contributed by atoms with E-state index in [1.165, 1.54) is 50.2 Å². The third kappa shape index (κ3) is 8.67. The first-order valence-corrected chi connectivity index (χ1v) is 16.3. The molecule has 0 bridgehead atoms. The van der Waals surface area contributed by atoms with Crippen molar-refractivity contribution in [3.05, 3.63) is 71.0 Å². The van der Waals surface area contributed by atoms with Gasteiger partial charge in [-0.25, -0.2) is 31.8 Å². The van der Waals surface area contributed by atoms with Gasteiger partial charge in [0.15, 0.2) is 5.69 Å². The van der Waals surface area contributed by atoms with Crippen LogP contribution < -0.4 is 9.47 Å². The molecule has 0 fully saturated rings. The van der Waals surface area contributed by atoms with Crippen LogP contribution in [-0.4, -0.2) is 79.4 Å². The molecule has 0 aliphatic carbocycles. The van der Waals surface area contributed by atoms with Crippen molar-refractivity contribution in [3.63, 3.8) is 0 Å². The SMILES string of the molecule is CC(CCC(C)S(=O)(=O)C#Cc1cccc(Oc2[nH]nnc2C(O)O)c1)S(=O)(=O)C#Cc1ccc(Oc2[nH]nnc2C(=O)O)cc1. The van der Waals surface area contributed by atoms with Crippen LogP contribution in [0.15, 0.2) is 48.5 Å². The van der Waals surface area contributed by atoms with Crippen LogP contribution in [-0.2, 0) is 19.7 Å². The number of benzene rings is 2. The monoisotopic (exact) mass is 670 g/mol. The molecule has 16 nitrogen and oxygen atoms in total. The number of sulfone groups is 2. The maximum Gasteiger partial charge on any atom is 0.362 e. The molecular weight excluding hydrogens is 644 g/mol. The van der Waals surface area contributed by atoms with Crippen LogP contribution in [0.3, 0.4) is 0 Å². The van der Waals surface area contributed by atoms with Crippen LogP contribution in [0, 0.1) is 22.3 Å². The standard InChI is InChI=1S/C28H26N6O10S2/c1-17(45(39,40)14-12-19-8-10-21(11-9-19)43-25-23(27(35)36)29-33-31-25)6-7-18(2)46(41,42)15-13-20-4-3-5-22(16-20)44-26-24(28(37)38)30-34-32-26/h3-5,8-11,16-18,28,37-38H,6-7H2,1-2H3,(H,35,36)(H,29,31,33)(H,30,32,34). The molecule has 0 spiro atoms. The van der Waals surface area contributed by atoms with Crippen LogP contribution in [0.5, 0.6) is 23.3 Å². The highest BCUT2D eigenvalue weighted by Crippen LogP contribution is 2.25. The highest BCUT2D eigenvalue weighted by molar-refractivity contribution is 7.97. The second-order valence-electron chi connectivity index (χ2n) is 9.69. The summed E-state index contributed by atoms with van der Waals surface area (Å²) in [5.41, 5.74) is -0.00324. The number of hydrogen-bond donors (Lipinski definition) is 5. The number of aliphatic hydroxyl groups excluding tert-OH is 1. The van der Waals surface area contributed by atoms with Gasteiger partial charge < -0.3 is 24.8 Å². The Labute approximate surface area is 262 Å². The van der Waals surface area contributed by atoms with Gasteiger partial charge in [-0.3, -0.25) is 0 Å². The zero-order valence-electron chi connectivity index (χ0n) is 24.1. The van der Waals surface area contributed by atoms with Gasteiger partial charge >= 0.3 is 5.97 Å². The highest BCUT2D eigenvalue weighted by atomic mass is 32.2. The summed E-state index contributed by atoms with van der Waals surface area (Å²) >= 11 is 0. The number of aliphatic hydroxyl groups is 2. The first kappa shape index (κ1) is 33.6. The van der Waals surface area contributed by atoms with E-state index in [-0.39, 0.29) is 41.8 Å². The molecule has 2 unspecified atom stereocenters. The third-order valence-corrected chi connectivity index (χ3v) is 9.71. The van der Waals surface area contributed by atoms with Gasteiger partial charge in [-0.15, -0.1) is 10.2 Å². The fourth-order valence-electron chi connectivity index (χ4n) is 3.62. The number of aromatic amines is 2. The second kappa shape index (κ2) is 14.2. The summed E-state index contributed by atoms with van der Waals surface area (Å²) in [6.07, 6.45) is -1.90. The number of hydrogen-bond acceptors (Lipinski definition) is 13. The Kier molecular flexibility index (Phi) is 10.4. The van der Waals surface area contributed by atoms with Gasteiger partial charge in [0.05, 0.1) is 10.5 Å². The number of carbonyl (C=O) groups is 1. The number of nitrogens with zero attached hydrogens (tertiary/aromatic N) is 4. The smallest absolute Gasteiger partial charge is 0.362 e. The second-order valence-corrected chi connectivity index (χ2v) is 13.9. The van der Waals surface area contributed by atoms with Gasteiger partial charge in [-0.05, 0) is 75.1 Å². The van der Waals surface area contributed by atoms with Crippen LogP contribution in [0.2, 0.25) is 0 Å². The number of aromatic nitrogens is 6. The van der Waals surface area contributed by atoms with Crippen LogP contribution in [0.1, 0.15) is 60.3 Å². The predicted octanol–water partition coefficient (Wildman–Crippen LogP) is 1.89. The molecule has 5 N–H and O–H groups in total. The molecule has 0 saturated carbocycles. The zero-order chi connectivity index (χ0) is 33.5. The Hall–Kier alpha value is -5.27. The minimum absolute atomic E-state index is 0.00809. The summed E-state index contributed by atoms with van der Waals surface area (Å²) in [5.74, 6) is 3.95. The first-order chi connectivity index (χ1) is 21.7. The summed E-state index contributed by atoms with van der Waals surface area (Å²) in [4.78, 5) is 11.1. The first-order valence-electron chi connectivity index (χ1n) is 13.3. The van der Waals surface area contributed by atoms with E-state index < -0.39 is 48.1 Å². The van der Waals surface area contributed by atoms with Gasteiger partial charge in [0.1, 0.15) is 11.5 Å². The van der Waals surface area contributed by atoms with Crippen molar-refractivity contribution in [2.45, 2.75) is 43.5 Å². The van der Waals surface area contributed by atoms with Crippen molar-refractivity contribution < 1.29 is 46.4 Å². The van der Waals surface area contributed by atoms with Crippen molar-refractivity contribution in [2.24, 2.45) is 0 Å². The van der Waals surface area contributed by atoms with Gasteiger partial charge in [0.2, 0.25) is 37.5 Å². The predicted molar refractivity (Wildman–Crippen MR) is 160 cm³/mol. The Morgan fingerprint density at radius 2 is 1.37 bits per heavy atom. The Bertz CT molecular complexity index is 2050. The summed E-state index contributed by atoms with van der Waals surface area (Å²) < 4.78 is 62.0. The number of H-pyrrole nitrogens is 2. The van der Waals surface area contributed by atoms with Crippen LogP contribution in [0.25, 0.3) is 0 Å². The van der Waals surface area contributed by atoms with Gasteiger partial charge in [-0.2, -0.15) is 0 Å². The molecule has 2 aromatic carbocycles. The number of aromatic carboxylic acids is 1. The fourth-order valence-corrected chi connectivity index (χ4v) is 5.44. The van der Waals surface area contributed by atoms with Gasteiger partial charge in [0.25, 0.3) is 5.88 Å². The number of ether oxygens (including phenoxy) is 2. The van der Waals surface area contributed by atoms with E-state index in [4.69, 9.17) is 14.6 Å². The zero-order valence-corrected chi connectivity index (χ0v) is 25.7. The topological polar surface area (TPSA) is 248 Å². The Morgan fingerprint density at radius 3 is 1.98 bits per heavy atom. The van der Waals surface area contributed by atoms with Crippen molar-refractivity contribution in [3.8, 4) is 45.6 Å². The molecule has 46 heavy (non-hydrogen) atoms. The summed E-state index contributed by atoms with van der Waals surface area (Å²) in [6.45, 7) is 2.87. The van der Waals surface area contributed by atoms with E-state index in [1.807, 2.05) is 0 Å². The van der Waals surface area contributed by atoms with Gasteiger partial charge in [-0.1, -0.05) is 22.4 Å². The largest absolute Gasteiger partial charge is 0.476 e. The number of carboxylic acids is 1. The van der Waals surface area contributed by atoms with E-state index in [2.05, 4.69) is 53.2 Å². The highest BCUT2D eigenvalue weighted by Gasteiger charge is 2.24. The summed E-state index contributed by atoms with van der Waals surface area (Å²) in [5, 5.41) is 48.7. The fraction of sp³-hybridized carbons (Fsp3) is 0.250. The van der Waals surface area contributed by atoms with Crippen LogP contribution >= 0.6 is 0 Å². The normalized spacial score (nSPS) is 12.7. The summed E-state index contributed by atoms with van der Waals surface area (Å²) in [7, 11) is -7.87. The number of carboxylic acid groups (broad SMARTS) is 1. The quantitative estimate of drug-likeness (QED) is 0.113. The molecule has 2 aromatic heterocycles. The molecule has 0 aliphatic rings. The minimum atomic E-state index is -3.95. The lowest BCUT2D eigenvalue weighted by Gasteiger charge is -2.12. The molecular formula is C28H26N6O10S2. The van der Waals surface area contributed by atoms with Crippen molar-refractivity contribution >= 4 is 25.6 Å². The third-order valence-electron chi connectivity index (χ3n) is 6.35. The molecule has 4 aromatic rings. The lowest BCUT2D eigenvalue weighted by molar-refractivity contribution is -0.0470. The maximum atomic E-state index is 12.8. The Morgan fingerprint density at radius 1 is 0.804 bits per heavy atom. The van der Waals surface area contributed by atoms with E-state index in [0.29, 0.717) is 11.1 Å². The molecule has 0 saturated heterocycles. The van der Waals surface area contributed by atoms with E-state index in [1.54, 1.807) is 12.1 Å². The van der Waals surface area contributed by atoms with Crippen molar-refractivity contribution in [1.82, 2.24) is 30.8 Å². The molecule has 0 amide bonds. The molecule has 18 heteroatoms. The van der Waals surface area contributed by atoms with Crippen LogP contribution in [0.4, 0.5) is 0 Å². The molecule has 0 aliphatic heterocycles. The maximum absolute atomic E-state index is 12.8. The van der Waals surface area contributed by atoms with Crippen molar-refractivity contribution in [2.75, 3.05) is 0 Å². The van der Waals surface area contributed by atoms with E-state index in [0.717, 1.165) is 0 Å². The average Bonchev–Trinajstić information content (AvgIpc) is 3.68. The lowest BCUT2D eigenvalue weighted by atomic mass is 10.2. The average molecular weight is 671 g/mol. The van der Waals surface area contributed by atoms with E-state index >= 15 is 0 Å². The molecule has 4 rings (SSSR count). The van der Waals surface area contributed by atoms with Gasteiger partial charge in [0, 0.05) is 21.6 Å². The summed E-state index contributed by atoms with van der Waals surface area (Å²) in [6, 6.07) is 11.9. The Balaban J connectivity index is 1.34. The number of nitrogens with one attached hydrogen (secondary N) is 2. The molecule has 2 heterocycles. The van der Waals surface area contributed by atoms with E-state index in [9.17, 15) is 31.8 Å². The minimum Gasteiger partial charge on any atom is -0.476 e. The number of rotatable bonds is 11. The molecule has 240 valence electrons. The molecule has 0 radical (unpaired) electrons.